The van der Waals surface area contributed by atoms with Gasteiger partial charge in [-0.05, 0) is 31.1 Å². The zero-order valence-electron chi connectivity index (χ0n) is 11.8. The summed E-state index contributed by atoms with van der Waals surface area (Å²) >= 11 is 5.39. The van der Waals surface area contributed by atoms with Crippen molar-refractivity contribution >= 4 is 27.2 Å². The van der Waals surface area contributed by atoms with Gasteiger partial charge in [0.15, 0.2) is 14.9 Å². The quantitative estimate of drug-likeness (QED) is 0.730. The van der Waals surface area contributed by atoms with Crippen molar-refractivity contribution in [2.24, 2.45) is 0 Å². The van der Waals surface area contributed by atoms with E-state index >= 15 is 0 Å². The lowest BCUT2D eigenvalue weighted by atomic mass is 10.3. The number of nitrogens with zero attached hydrogens (tertiary/aromatic N) is 1. The maximum absolute atomic E-state index is 11.4. The number of sulfone groups is 1. The van der Waals surface area contributed by atoms with Gasteiger partial charge in [-0.25, -0.2) is 8.42 Å². The number of nitrogens with one attached hydrogen (secondary N) is 1. The molecular formula is C13H24N2O2S2. The lowest BCUT2D eigenvalue weighted by molar-refractivity contribution is 0.395. The van der Waals surface area contributed by atoms with Crippen molar-refractivity contribution in [1.82, 2.24) is 10.2 Å². The van der Waals surface area contributed by atoms with Crippen LogP contribution >= 0.6 is 12.2 Å². The summed E-state index contributed by atoms with van der Waals surface area (Å²) in [6, 6.07) is 0. The minimum Gasteiger partial charge on any atom is -0.349 e. The molecule has 0 aliphatic carbocycles. The third kappa shape index (κ3) is 5.91. The zero-order valence-corrected chi connectivity index (χ0v) is 13.4. The number of rotatable bonds is 7. The van der Waals surface area contributed by atoms with E-state index in [4.69, 9.17) is 12.2 Å². The van der Waals surface area contributed by atoms with Gasteiger partial charge in [-0.2, -0.15) is 0 Å². The first-order valence-electron chi connectivity index (χ1n) is 6.94. The molecule has 0 fully saturated rings. The predicted octanol–water partition coefficient (Wildman–Crippen LogP) is 2.08. The summed E-state index contributed by atoms with van der Waals surface area (Å²) in [4.78, 5) is 2.15. The fraction of sp³-hybridized carbons (Fsp3) is 0.769. The molecule has 0 aromatic rings. The summed E-state index contributed by atoms with van der Waals surface area (Å²) in [7, 11) is -2.93. The highest BCUT2D eigenvalue weighted by Gasteiger charge is 2.21. The standard InChI is InChI=1S/C13H24N2O2S2/c1-3-5-8-15(9-6-4-2)13(18)14-12-7-10-19(16,17)11-12/h7H,3-6,8-11H2,1-2H3,(H,14,18). The molecule has 0 aromatic heterocycles. The van der Waals surface area contributed by atoms with Gasteiger partial charge >= 0.3 is 0 Å². The Hall–Kier alpha value is -0.620. The summed E-state index contributed by atoms with van der Waals surface area (Å²) < 4.78 is 22.8. The van der Waals surface area contributed by atoms with E-state index in [1.54, 1.807) is 6.08 Å². The Balaban J connectivity index is 2.51. The molecule has 0 saturated heterocycles. The van der Waals surface area contributed by atoms with Crippen LogP contribution in [0, 0.1) is 0 Å². The largest absolute Gasteiger partial charge is 0.349 e. The second-order valence-electron chi connectivity index (χ2n) is 4.91. The van der Waals surface area contributed by atoms with Crippen molar-refractivity contribution < 1.29 is 8.42 Å². The molecule has 0 bridgehead atoms. The van der Waals surface area contributed by atoms with E-state index in [1.165, 1.54) is 0 Å². The maximum Gasteiger partial charge on any atom is 0.173 e. The molecule has 4 nitrogen and oxygen atoms in total. The highest BCUT2D eigenvalue weighted by Crippen LogP contribution is 2.10. The number of hydrogen-bond donors (Lipinski definition) is 1. The van der Waals surface area contributed by atoms with Gasteiger partial charge in [0.25, 0.3) is 0 Å². The Labute approximate surface area is 122 Å². The van der Waals surface area contributed by atoms with Gasteiger partial charge in [0.2, 0.25) is 0 Å². The van der Waals surface area contributed by atoms with Crippen LogP contribution < -0.4 is 5.32 Å². The third-order valence-electron chi connectivity index (χ3n) is 3.08. The smallest absolute Gasteiger partial charge is 0.173 e. The van der Waals surface area contributed by atoms with Crippen LogP contribution in [-0.2, 0) is 9.84 Å². The van der Waals surface area contributed by atoms with Crippen molar-refractivity contribution in [3.63, 3.8) is 0 Å². The molecule has 19 heavy (non-hydrogen) atoms. The number of hydrogen-bond acceptors (Lipinski definition) is 3. The molecule has 1 rings (SSSR count). The second kappa shape index (κ2) is 7.85. The molecular weight excluding hydrogens is 280 g/mol. The fourth-order valence-electron chi connectivity index (χ4n) is 1.90. The molecule has 1 aliphatic rings. The summed E-state index contributed by atoms with van der Waals surface area (Å²) in [6.07, 6.45) is 6.18. The molecule has 0 unspecified atom stereocenters. The number of unbranched alkanes of at least 4 members (excludes halogenated alkanes) is 2. The second-order valence-corrected chi connectivity index (χ2v) is 7.40. The Morgan fingerprint density at radius 2 is 1.89 bits per heavy atom. The van der Waals surface area contributed by atoms with Gasteiger partial charge in [-0.3, -0.25) is 0 Å². The van der Waals surface area contributed by atoms with Crippen LogP contribution in [0.1, 0.15) is 39.5 Å². The molecule has 0 aromatic carbocycles. The highest BCUT2D eigenvalue weighted by atomic mass is 32.2. The van der Waals surface area contributed by atoms with Crippen LogP contribution in [0.5, 0.6) is 0 Å². The van der Waals surface area contributed by atoms with Gasteiger partial charge < -0.3 is 10.2 Å². The Kier molecular flexibility index (Phi) is 6.79. The predicted molar refractivity (Wildman–Crippen MR) is 83.9 cm³/mol. The van der Waals surface area contributed by atoms with Crippen molar-refractivity contribution in [2.45, 2.75) is 39.5 Å². The molecule has 1 heterocycles. The van der Waals surface area contributed by atoms with Crippen LogP contribution in [0.15, 0.2) is 11.8 Å². The van der Waals surface area contributed by atoms with E-state index in [-0.39, 0.29) is 11.5 Å². The topological polar surface area (TPSA) is 49.4 Å². The van der Waals surface area contributed by atoms with E-state index in [0.717, 1.165) is 44.5 Å². The van der Waals surface area contributed by atoms with Gasteiger partial charge in [-0.1, -0.05) is 26.7 Å². The SMILES string of the molecule is CCCCN(CCCC)C(=S)NC1=CCS(=O)(=O)C1. The van der Waals surface area contributed by atoms with E-state index in [0.29, 0.717) is 5.11 Å². The molecule has 0 saturated carbocycles. The van der Waals surface area contributed by atoms with E-state index in [9.17, 15) is 8.42 Å². The molecule has 6 heteroatoms. The fourth-order valence-corrected chi connectivity index (χ4v) is 3.45. The van der Waals surface area contributed by atoms with Crippen LogP contribution in [-0.4, -0.2) is 43.0 Å². The zero-order chi connectivity index (χ0) is 14.3. The normalized spacial score (nSPS) is 17.1. The van der Waals surface area contributed by atoms with Crippen LogP contribution in [0.4, 0.5) is 0 Å². The van der Waals surface area contributed by atoms with E-state index < -0.39 is 9.84 Å². The average Bonchev–Trinajstić information content (AvgIpc) is 2.68. The molecule has 1 N–H and O–H groups in total. The lowest BCUT2D eigenvalue weighted by Crippen LogP contribution is -2.40. The summed E-state index contributed by atoms with van der Waals surface area (Å²) in [6.45, 7) is 6.17. The van der Waals surface area contributed by atoms with E-state index in [1.807, 2.05) is 0 Å². The highest BCUT2D eigenvalue weighted by molar-refractivity contribution is 7.92. The first-order valence-corrected chi connectivity index (χ1v) is 9.17. The molecule has 0 atom stereocenters. The molecule has 0 spiro atoms. The number of thiocarbonyl (C=S) groups is 1. The lowest BCUT2D eigenvalue weighted by Gasteiger charge is -2.26. The van der Waals surface area contributed by atoms with Crippen molar-refractivity contribution in [2.75, 3.05) is 24.6 Å². The van der Waals surface area contributed by atoms with Crippen molar-refractivity contribution in [3.05, 3.63) is 11.8 Å². The van der Waals surface area contributed by atoms with Crippen LogP contribution in [0.25, 0.3) is 0 Å². The van der Waals surface area contributed by atoms with Crippen LogP contribution in [0.2, 0.25) is 0 Å². The first kappa shape index (κ1) is 16.4. The Morgan fingerprint density at radius 3 is 2.32 bits per heavy atom. The van der Waals surface area contributed by atoms with Gasteiger partial charge in [0.05, 0.1) is 11.5 Å². The summed E-state index contributed by atoms with van der Waals surface area (Å²) in [5.41, 5.74) is 0.725. The molecule has 0 amide bonds. The third-order valence-corrected chi connectivity index (χ3v) is 4.86. The Bertz CT molecular complexity index is 422. The minimum absolute atomic E-state index is 0.0858. The molecule has 110 valence electrons. The van der Waals surface area contributed by atoms with E-state index in [2.05, 4.69) is 24.1 Å². The molecule has 1 aliphatic heterocycles. The Morgan fingerprint density at radius 1 is 1.32 bits per heavy atom. The first-order chi connectivity index (χ1) is 8.98. The summed E-state index contributed by atoms with van der Waals surface area (Å²) in [5.74, 6) is 0.213. The van der Waals surface area contributed by atoms with Gasteiger partial charge in [-0.15, -0.1) is 0 Å². The summed E-state index contributed by atoms with van der Waals surface area (Å²) in [5, 5.41) is 3.75. The van der Waals surface area contributed by atoms with Gasteiger partial charge in [0.1, 0.15) is 0 Å². The monoisotopic (exact) mass is 304 g/mol. The van der Waals surface area contributed by atoms with Crippen LogP contribution in [0.3, 0.4) is 0 Å². The van der Waals surface area contributed by atoms with Crippen molar-refractivity contribution in [3.8, 4) is 0 Å². The molecule has 0 radical (unpaired) electrons. The minimum atomic E-state index is -2.93. The maximum atomic E-state index is 11.4. The van der Waals surface area contributed by atoms with Crippen molar-refractivity contribution in [1.29, 1.82) is 0 Å². The average molecular weight is 304 g/mol. The van der Waals surface area contributed by atoms with Gasteiger partial charge in [0, 0.05) is 18.8 Å².